The Morgan fingerprint density at radius 1 is 1.26 bits per heavy atom. The van der Waals surface area contributed by atoms with Crippen LogP contribution in [-0.4, -0.2) is 15.7 Å². The van der Waals surface area contributed by atoms with Gasteiger partial charge in [-0.05, 0) is 48.1 Å². The molecular weight excluding hydrogens is 324 g/mol. The Balaban J connectivity index is 1.85. The number of H-pyrrole nitrogens is 1. The molecule has 5 heteroatoms. The Morgan fingerprint density at radius 2 is 2.09 bits per heavy atom. The highest BCUT2D eigenvalue weighted by molar-refractivity contribution is 7.99. The highest BCUT2D eigenvalue weighted by atomic mass is 32.2. The van der Waals surface area contributed by atoms with Crippen LogP contribution < -0.4 is 5.56 Å². The lowest BCUT2D eigenvalue weighted by Gasteiger charge is -2.16. The molecule has 3 aromatic rings. The zero-order valence-corrected chi connectivity index (χ0v) is 14.6. The second kappa shape index (κ2) is 6.13. The van der Waals surface area contributed by atoms with Gasteiger partial charge in [-0.2, -0.15) is 0 Å². The molecule has 1 aliphatic rings. The van der Waals surface area contributed by atoms with Crippen LogP contribution in [0.1, 0.15) is 30.9 Å². The van der Waals surface area contributed by atoms with Crippen LogP contribution in [0.2, 0.25) is 0 Å². The van der Waals surface area contributed by atoms with Gasteiger partial charge in [0, 0.05) is 10.9 Å². The van der Waals surface area contributed by atoms with Gasteiger partial charge in [-0.1, -0.05) is 36.9 Å². The van der Waals surface area contributed by atoms with Gasteiger partial charge in [-0.3, -0.25) is 4.79 Å². The van der Waals surface area contributed by atoms with E-state index in [1.807, 2.05) is 0 Å². The van der Waals surface area contributed by atoms with Crippen LogP contribution in [0.3, 0.4) is 0 Å². The van der Waals surface area contributed by atoms with E-state index < -0.39 is 0 Å². The third kappa shape index (κ3) is 2.72. The van der Waals surface area contributed by atoms with Crippen molar-refractivity contribution in [1.29, 1.82) is 0 Å². The number of benzene rings is 1. The van der Waals surface area contributed by atoms with E-state index in [2.05, 4.69) is 40.5 Å². The van der Waals surface area contributed by atoms with Gasteiger partial charge in [0.15, 0.2) is 5.16 Å². The molecule has 2 heterocycles. The molecule has 0 radical (unpaired) electrons. The molecule has 1 aliphatic carbocycles. The van der Waals surface area contributed by atoms with Crippen LogP contribution in [-0.2, 0) is 12.8 Å². The fraction of sp³-hybridized carbons (Fsp3) is 0.333. The van der Waals surface area contributed by atoms with Crippen LogP contribution in [0.25, 0.3) is 21.3 Å². The summed E-state index contributed by atoms with van der Waals surface area (Å²) >= 11 is 3.12. The van der Waals surface area contributed by atoms with Crippen LogP contribution in [0, 0.1) is 0 Å². The summed E-state index contributed by atoms with van der Waals surface area (Å²) in [4.78, 5) is 20.8. The molecule has 1 N–H and O–H groups in total. The Hall–Kier alpha value is -1.59. The second-order valence-electron chi connectivity index (χ2n) is 5.82. The number of aryl methyl sites for hydroxylation is 2. The van der Waals surface area contributed by atoms with E-state index in [0.29, 0.717) is 5.16 Å². The maximum absolute atomic E-state index is 12.5. The first-order valence-corrected chi connectivity index (χ1v) is 9.89. The Labute approximate surface area is 143 Å². The number of aromatic amines is 1. The fourth-order valence-electron chi connectivity index (χ4n) is 3.25. The van der Waals surface area contributed by atoms with Gasteiger partial charge in [0.2, 0.25) is 0 Å². The third-order valence-electron chi connectivity index (χ3n) is 4.36. The number of aromatic nitrogens is 2. The fourth-order valence-corrected chi connectivity index (χ4v) is 4.85. The first kappa shape index (κ1) is 15.0. The molecule has 4 rings (SSSR count). The lowest BCUT2D eigenvalue weighted by molar-refractivity contribution is 0.686. The van der Waals surface area contributed by atoms with Gasteiger partial charge < -0.3 is 4.98 Å². The average molecular weight is 342 g/mol. The Kier molecular flexibility index (Phi) is 3.99. The lowest BCUT2D eigenvalue weighted by atomic mass is 9.89. The number of nitrogens with zero attached hydrogens (tertiary/aromatic N) is 1. The van der Waals surface area contributed by atoms with E-state index in [0.717, 1.165) is 33.5 Å². The quantitative estimate of drug-likeness (QED) is 0.557. The highest BCUT2D eigenvalue weighted by Crippen LogP contribution is 2.34. The maximum atomic E-state index is 12.5. The van der Waals surface area contributed by atoms with Crippen LogP contribution in [0.15, 0.2) is 33.5 Å². The number of thioether (sulfide) groups is 1. The second-order valence-corrected chi connectivity index (χ2v) is 7.94. The standard InChI is InChI=1S/C18H18N2OS2/c1-2-22-18-19-16(21)15-14(10-23-17(15)20-18)13-8-7-11-5-3-4-6-12(11)9-13/h7-10H,2-6H2,1H3,(H,19,20,21). The lowest BCUT2D eigenvalue weighted by Crippen LogP contribution is -2.08. The largest absolute Gasteiger partial charge is 0.301 e. The molecule has 0 unspecified atom stereocenters. The normalized spacial score (nSPS) is 14.1. The van der Waals surface area contributed by atoms with E-state index in [1.54, 1.807) is 23.1 Å². The van der Waals surface area contributed by atoms with Crippen molar-refractivity contribution in [2.45, 2.75) is 37.8 Å². The topological polar surface area (TPSA) is 45.8 Å². The smallest absolute Gasteiger partial charge is 0.260 e. The summed E-state index contributed by atoms with van der Waals surface area (Å²) in [5.41, 5.74) is 5.03. The molecule has 0 bridgehead atoms. The Bertz CT molecular complexity index is 926. The van der Waals surface area contributed by atoms with Crippen LogP contribution in [0.4, 0.5) is 0 Å². The first-order valence-electron chi connectivity index (χ1n) is 8.02. The summed E-state index contributed by atoms with van der Waals surface area (Å²) in [5, 5.41) is 3.51. The zero-order valence-electron chi connectivity index (χ0n) is 13.0. The highest BCUT2D eigenvalue weighted by Gasteiger charge is 2.15. The third-order valence-corrected chi connectivity index (χ3v) is 5.99. The predicted octanol–water partition coefficient (Wildman–Crippen LogP) is 4.64. The summed E-state index contributed by atoms with van der Waals surface area (Å²) in [6.07, 6.45) is 4.88. The van der Waals surface area contributed by atoms with Crippen molar-refractivity contribution in [1.82, 2.24) is 9.97 Å². The molecule has 0 fully saturated rings. The summed E-state index contributed by atoms with van der Waals surface area (Å²) in [5.74, 6) is 0.900. The number of nitrogens with one attached hydrogen (secondary N) is 1. The minimum atomic E-state index is -0.0279. The summed E-state index contributed by atoms with van der Waals surface area (Å²) in [6.45, 7) is 2.06. The van der Waals surface area contributed by atoms with Gasteiger partial charge >= 0.3 is 0 Å². The van der Waals surface area contributed by atoms with Crippen molar-refractivity contribution in [3.8, 4) is 11.1 Å². The van der Waals surface area contributed by atoms with Gasteiger partial charge in [-0.15, -0.1) is 11.3 Å². The summed E-state index contributed by atoms with van der Waals surface area (Å²) < 4.78 is 0. The molecule has 1 aromatic carbocycles. The van der Waals surface area contributed by atoms with Crippen molar-refractivity contribution >= 4 is 33.3 Å². The Morgan fingerprint density at radius 3 is 2.91 bits per heavy atom. The zero-order chi connectivity index (χ0) is 15.8. The molecule has 0 amide bonds. The predicted molar refractivity (Wildman–Crippen MR) is 98.7 cm³/mol. The number of fused-ring (bicyclic) bond motifs is 2. The SMILES string of the molecule is CCSc1nc2scc(-c3ccc4c(c3)CCCC4)c2c(=O)[nH]1. The minimum absolute atomic E-state index is 0.0279. The van der Waals surface area contributed by atoms with E-state index in [4.69, 9.17) is 0 Å². The molecule has 3 nitrogen and oxygen atoms in total. The van der Waals surface area contributed by atoms with Gasteiger partial charge in [-0.25, -0.2) is 4.98 Å². The van der Waals surface area contributed by atoms with Crippen molar-refractivity contribution in [2.24, 2.45) is 0 Å². The molecule has 2 aromatic heterocycles. The van der Waals surface area contributed by atoms with Crippen LogP contribution >= 0.6 is 23.1 Å². The van der Waals surface area contributed by atoms with Gasteiger partial charge in [0.1, 0.15) is 4.83 Å². The van der Waals surface area contributed by atoms with Gasteiger partial charge in [0.05, 0.1) is 5.39 Å². The van der Waals surface area contributed by atoms with Crippen molar-refractivity contribution in [2.75, 3.05) is 5.75 Å². The van der Waals surface area contributed by atoms with Crippen molar-refractivity contribution in [3.63, 3.8) is 0 Å². The summed E-state index contributed by atoms with van der Waals surface area (Å²) in [6, 6.07) is 6.65. The average Bonchev–Trinajstić information content (AvgIpc) is 2.99. The van der Waals surface area contributed by atoms with Gasteiger partial charge in [0.25, 0.3) is 5.56 Å². The molecule has 0 saturated heterocycles. The number of thiophene rings is 1. The maximum Gasteiger partial charge on any atom is 0.260 e. The molecule has 118 valence electrons. The van der Waals surface area contributed by atoms with Crippen molar-refractivity contribution < 1.29 is 0 Å². The minimum Gasteiger partial charge on any atom is -0.301 e. The number of rotatable bonds is 3. The molecule has 0 aliphatic heterocycles. The molecular formula is C18H18N2OS2. The van der Waals surface area contributed by atoms with E-state index in [9.17, 15) is 4.79 Å². The van der Waals surface area contributed by atoms with E-state index >= 15 is 0 Å². The van der Waals surface area contributed by atoms with E-state index in [1.165, 1.54) is 30.4 Å². The first-order chi connectivity index (χ1) is 11.3. The van der Waals surface area contributed by atoms with Crippen molar-refractivity contribution in [3.05, 3.63) is 45.1 Å². The van der Waals surface area contributed by atoms with Crippen LogP contribution in [0.5, 0.6) is 0 Å². The molecule has 0 saturated carbocycles. The number of hydrogen-bond acceptors (Lipinski definition) is 4. The molecule has 0 atom stereocenters. The number of hydrogen-bond donors (Lipinski definition) is 1. The molecule has 23 heavy (non-hydrogen) atoms. The molecule has 0 spiro atoms. The monoisotopic (exact) mass is 342 g/mol. The summed E-state index contributed by atoms with van der Waals surface area (Å²) in [7, 11) is 0. The van der Waals surface area contributed by atoms with E-state index in [-0.39, 0.29) is 5.56 Å².